The third-order valence-electron chi connectivity index (χ3n) is 3.15. The third kappa shape index (κ3) is 3.21. The van der Waals surface area contributed by atoms with E-state index in [2.05, 4.69) is 0 Å². The molecule has 7 heteroatoms. The van der Waals surface area contributed by atoms with Gasteiger partial charge >= 0.3 is 7.60 Å². The molecule has 0 spiro atoms. The molecule has 0 aliphatic rings. The van der Waals surface area contributed by atoms with Crippen LogP contribution in [-0.2, 0) is 4.57 Å². The Labute approximate surface area is 112 Å². The van der Waals surface area contributed by atoms with Gasteiger partial charge in [0.25, 0.3) is 0 Å². The van der Waals surface area contributed by atoms with Crippen LogP contribution in [0.5, 0.6) is 11.5 Å². The molecule has 19 heavy (non-hydrogen) atoms. The van der Waals surface area contributed by atoms with Crippen molar-refractivity contribution < 1.29 is 23.8 Å². The molecule has 0 aliphatic heterocycles. The normalized spacial score (nSPS) is 12.3. The number of anilines is 1. The summed E-state index contributed by atoms with van der Waals surface area (Å²) in [7, 11) is -2.91. The van der Waals surface area contributed by atoms with Crippen LogP contribution in [0.15, 0.2) is 18.2 Å². The van der Waals surface area contributed by atoms with Crippen LogP contribution in [0, 0.1) is 0 Å². The molecule has 0 atom stereocenters. The van der Waals surface area contributed by atoms with E-state index in [0.717, 1.165) is 0 Å². The smallest absolute Gasteiger partial charge is 0.368 e. The largest absolute Gasteiger partial charge is 0.497 e. The van der Waals surface area contributed by atoms with Crippen molar-refractivity contribution in [2.45, 2.75) is 32.0 Å². The number of nitrogens with two attached hydrogens (primary N) is 1. The molecule has 1 aromatic carbocycles. The third-order valence-corrected chi connectivity index (χ3v) is 4.94. The van der Waals surface area contributed by atoms with Crippen LogP contribution in [0.25, 0.3) is 0 Å². The summed E-state index contributed by atoms with van der Waals surface area (Å²) in [6.07, 6.45) is 0.360. The van der Waals surface area contributed by atoms with Crippen molar-refractivity contribution in [3.63, 3.8) is 0 Å². The maximum Gasteiger partial charge on any atom is 0.368 e. The highest BCUT2D eigenvalue weighted by Gasteiger charge is 2.46. The Morgan fingerprint density at radius 3 is 2.26 bits per heavy atom. The zero-order valence-electron chi connectivity index (χ0n) is 11.3. The van der Waals surface area contributed by atoms with Crippen LogP contribution >= 0.6 is 7.60 Å². The number of hydrogen-bond donors (Lipinski definition) is 3. The van der Waals surface area contributed by atoms with E-state index in [1.165, 1.54) is 7.11 Å². The SMILES string of the molecule is CCC(CC)(Oc1ccc(OC)cc1N)P(=O)(O)O. The van der Waals surface area contributed by atoms with E-state index >= 15 is 0 Å². The van der Waals surface area contributed by atoms with Crippen LogP contribution in [-0.4, -0.2) is 22.2 Å². The average Bonchev–Trinajstić information content (AvgIpc) is 2.36. The van der Waals surface area contributed by atoms with Gasteiger partial charge < -0.3 is 25.0 Å². The lowest BCUT2D eigenvalue weighted by molar-refractivity contribution is 0.109. The number of rotatable bonds is 6. The van der Waals surface area contributed by atoms with Crippen molar-refractivity contribution >= 4 is 13.3 Å². The summed E-state index contributed by atoms with van der Waals surface area (Å²) in [5.41, 5.74) is 6.08. The van der Waals surface area contributed by atoms with E-state index in [4.69, 9.17) is 15.2 Å². The van der Waals surface area contributed by atoms with Gasteiger partial charge in [0.15, 0.2) is 0 Å². The van der Waals surface area contributed by atoms with Gasteiger partial charge in [-0.25, -0.2) is 0 Å². The summed E-state index contributed by atoms with van der Waals surface area (Å²) >= 11 is 0. The summed E-state index contributed by atoms with van der Waals surface area (Å²) in [6.45, 7) is 3.34. The van der Waals surface area contributed by atoms with Crippen LogP contribution in [0.3, 0.4) is 0 Å². The number of methoxy groups -OCH3 is 1. The molecular weight excluding hydrogens is 269 g/mol. The van der Waals surface area contributed by atoms with E-state index in [-0.39, 0.29) is 24.3 Å². The Bertz CT molecular complexity index is 481. The van der Waals surface area contributed by atoms with Gasteiger partial charge in [0.2, 0.25) is 5.34 Å². The molecule has 0 aromatic heterocycles. The number of nitrogen functional groups attached to an aromatic ring is 1. The standard InChI is InChI=1S/C12H20NO5P/c1-4-12(5-2,19(14,15)16)18-11-7-6-9(17-3)8-10(11)13/h6-8H,4-5,13H2,1-3H3,(H2,14,15,16). The molecule has 0 aliphatic carbocycles. The molecule has 0 bridgehead atoms. The highest BCUT2D eigenvalue weighted by Crippen LogP contribution is 2.55. The van der Waals surface area contributed by atoms with Crippen molar-refractivity contribution in [1.82, 2.24) is 0 Å². The Morgan fingerprint density at radius 1 is 1.32 bits per heavy atom. The summed E-state index contributed by atoms with van der Waals surface area (Å²) < 4.78 is 22.2. The quantitative estimate of drug-likeness (QED) is 0.549. The first-order chi connectivity index (χ1) is 8.79. The maximum absolute atomic E-state index is 11.7. The van der Waals surface area contributed by atoms with Crippen LogP contribution < -0.4 is 15.2 Å². The molecule has 0 heterocycles. The van der Waals surface area contributed by atoms with Crippen LogP contribution in [0.4, 0.5) is 5.69 Å². The molecule has 0 fully saturated rings. The van der Waals surface area contributed by atoms with Crippen LogP contribution in [0.1, 0.15) is 26.7 Å². The van der Waals surface area contributed by atoms with E-state index < -0.39 is 12.9 Å². The van der Waals surface area contributed by atoms with E-state index in [1.54, 1.807) is 32.0 Å². The van der Waals surface area contributed by atoms with E-state index in [1.807, 2.05) is 0 Å². The van der Waals surface area contributed by atoms with Gasteiger partial charge in [-0.2, -0.15) is 0 Å². The summed E-state index contributed by atoms with van der Waals surface area (Å²) in [4.78, 5) is 19.0. The summed E-state index contributed by atoms with van der Waals surface area (Å²) in [5.74, 6) is 0.799. The Balaban J connectivity index is 3.14. The van der Waals surface area contributed by atoms with Crippen LogP contribution in [0.2, 0.25) is 0 Å². The molecule has 0 radical (unpaired) electrons. The molecule has 6 nitrogen and oxygen atoms in total. The second kappa shape index (κ2) is 5.82. The summed E-state index contributed by atoms with van der Waals surface area (Å²) in [6, 6.07) is 4.72. The minimum Gasteiger partial charge on any atom is -0.497 e. The first kappa shape index (κ1) is 15.8. The Morgan fingerprint density at radius 2 is 1.89 bits per heavy atom. The topological polar surface area (TPSA) is 102 Å². The van der Waals surface area contributed by atoms with Crippen molar-refractivity contribution in [3.8, 4) is 11.5 Å². The predicted molar refractivity (Wildman–Crippen MR) is 73.4 cm³/mol. The molecule has 1 rings (SSSR count). The van der Waals surface area contributed by atoms with E-state index in [9.17, 15) is 14.4 Å². The fourth-order valence-corrected chi connectivity index (χ4v) is 2.86. The zero-order valence-corrected chi connectivity index (χ0v) is 12.2. The van der Waals surface area contributed by atoms with Gasteiger partial charge in [-0.05, 0) is 25.0 Å². The molecule has 108 valence electrons. The molecule has 4 N–H and O–H groups in total. The predicted octanol–water partition coefficient (Wildman–Crippen LogP) is 2.35. The van der Waals surface area contributed by atoms with Gasteiger partial charge in [-0.15, -0.1) is 0 Å². The zero-order chi connectivity index (χ0) is 14.7. The Kier molecular flexibility index (Phi) is 4.85. The monoisotopic (exact) mass is 289 g/mol. The fourth-order valence-electron chi connectivity index (χ4n) is 1.82. The lowest BCUT2D eigenvalue weighted by atomic mass is 10.2. The highest BCUT2D eigenvalue weighted by atomic mass is 31.2. The molecule has 0 saturated carbocycles. The lowest BCUT2D eigenvalue weighted by Gasteiger charge is -2.33. The van der Waals surface area contributed by atoms with Gasteiger partial charge in [0.1, 0.15) is 11.5 Å². The molecule has 0 saturated heterocycles. The number of benzene rings is 1. The summed E-state index contributed by atoms with van der Waals surface area (Å²) in [5, 5.41) is -1.55. The first-order valence-electron chi connectivity index (χ1n) is 5.97. The minimum atomic E-state index is -4.42. The number of ether oxygens (including phenoxy) is 2. The molecular formula is C12H20NO5P. The van der Waals surface area contributed by atoms with Crippen molar-refractivity contribution in [2.75, 3.05) is 12.8 Å². The Hall–Kier alpha value is -1.23. The lowest BCUT2D eigenvalue weighted by Crippen LogP contribution is -2.34. The van der Waals surface area contributed by atoms with Crippen molar-refractivity contribution in [1.29, 1.82) is 0 Å². The van der Waals surface area contributed by atoms with Crippen molar-refractivity contribution in [3.05, 3.63) is 18.2 Å². The minimum absolute atomic E-state index is 0.180. The molecule has 0 amide bonds. The van der Waals surface area contributed by atoms with Gasteiger partial charge in [0.05, 0.1) is 12.8 Å². The molecule has 1 aromatic rings. The second-order valence-electron chi connectivity index (χ2n) is 4.20. The van der Waals surface area contributed by atoms with E-state index in [0.29, 0.717) is 5.75 Å². The van der Waals surface area contributed by atoms with Gasteiger partial charge in [0, 0.05) is 6.07 Å². The first-order valence-corrected chi connectivity index (χ1v) is 7.59. The maximum atomic E-state index is 11.7. The molecule has 0 unspecified atom stereocenters. The van der Waals surface area contributed by atoms with Gasteiger partial charge in [-0.3, -0.25) is 4.57 Å². The van der Waals surface area contributed by atoms with Crippen molar-refractivity contribution in [2.24, 2.45) is 0 Å². The average molecular weight is 289 g/mol. The number of hydrogen-bond acceptors (Lipinski definition) is 4. The highest BCUT2D eigenvalue weighted by molar-refractivity contribution is 7.53. The fraction of sp³-hybridized carbons (Fsp3) is 0.500. The van der Waals surface area contributed by atoms with Gasteiger partial charge in [-0.1, -0.05) is 13.8 Å². The second-order valence-corrected chi connectivity index (χ2v) is 6.11.